The molecule has 0 aromatic carbocycles. The van der Waals surface area contributed by atoms with Crippen LogP contribution in [-0.2, 0) is 6.54 Å². The van der Waals surface area contributed by atoms with Crippen LogP contribution in [0.1, 0.15) is 35.4 Å². The van der Waals surface area contributed by atoms with Crippen LogP contribution in [0.3, 0.4) is 0 Å². The third-order valence-corrected chi connectivity index (χ3v) is 3.28. The SMILES string of the molecule is O=C(O)c1ccc2nc(CNC3CCC3)nn2c1. The largest absolute Gasteiger partial charge is 0.478 e. The molecule has 1 aliphatic rings. The molecule has 0 bridgehead atoms. The first-order valence-corrected chi connectivity index (χ1v) is 6.04. The van der Waals surface area contributed by atoms with Crippen molar-refractivity contribution in [2.24, 2.45) is 0 Å². The molecule has 1 saturated carbocycles. The summed E-state index contributed by atoms with van der Waals surface area (Å²) in [4.78, 5) is 15.2. The summed E-state index contributed by atoms with van der Waals surface area (Å²) in [6.45, 7) is 0.634. The molecule has 6 nitrogen and oxygen atoms in total. The summed E-state index contributed by atoms with van der Waals surface area (Å²) in [7, 11) is 0. The number of pyridine rings is 1. The monoisotopic (exact) mass is 246 g/mol. The number of fused-ring (bicyclic) bond motifs is 1. The van der Waals surface area contributed by atoms with Crippen molar-refractivity contribution < 1.29 is 9.90 Å². The highest BCUT2D eigenvalue weighted by Crippen LogP contribution is 2.18. The van der Waals surface area contributed by atoms with Crippen LogP contribution in [0.5, 0.6) is 0 Å². The van der Waals surface area contributed by atoms with Crippen molar-refractivity contribution in [1.29, 1.82) is 0 Å². The van der Waals surface area contributed by atoms with Crippen molar-refractivity contribution >= 4 is 11.6 Å². The van der Waals surface area contributed by atoms with Gasteiger partial charge in [0.1, 0.15) is 0 Å². The van der Waals surface area contributed by atoms with Gasteiger partial charge in [0.05, 0.1) is 12.1 Å². The van der Waals surface area contributed by atoms with Gasteiger partial charge in [-0.1, -0.05) is 6.42 Å². The van der Waals surface area contributed by atoms with Gasteiger partial charge in [0.2, 0.25) is 0 Å². The first-order valence-electron chi connectivity index (χ1n) is 6.04. The van der Waals surface area contributed by atoms with E-state index in [1.165, 1.54) is 36.0 Å². The summed E-state index contributed by atoms with van der Waals surface area (Å²) in [5.74, 6) is -0.258. The van der Waals surface area contributed by atoms with Crippen molar-refractivity contribution in [3.8, 4) is 0 Å². The van der Waals surface area contributed by atoms with Gasteiger partial charge in [0.25, 0.3) is 0 Å². The Morgan fingerprint density at radius 1 is 1.50 bits per heavy atom. The molecule has 0 atom stereocenters. The minimum absolute atomic E-state index is 0.214. The highest BCUT2D eigenvalue weighted by molar-refractivity contribution is 5.87. The lowest BCUT2D eigenvalue weighted by Gasteiger charge is -2.25. The lowest BCUT2D eigenvalue weighted by molar-refractivity contribution is 0.0696. The molecule has 2 heterocycles. The molecule has 18 heavy (non-hydrogen) atoms. The number of rotatable bonds is 4. The Hall–Kier alpha value is -1.95. The quantitative estimate of drug-likeness (QED) is 0.843. The third kappa shape index (κ3) is 2.06. The van der Waals surface area contributed by atoms with E-state index in [0.717, 1.165) is 0 Å². The van der Waals surface area contributed by atoms with Crippen molar-refractivity contribution in [3.63, 3.8) is 0 Å². The van der Waals surface area contributed by atoms with Gasteiger partial charge in [-0.15, -0.1) is 5.10 Å². The third-order valence-electron chi connectivity index (χ3n) is 3.28. The zero-order valence-electron chi connectivity index (χ0n) is 9.83. The molecule has 3 rings (SSSR count). The summed E-state index contributed by atoms with van der Waals surface area (Å²) in [5, 5.41) is 16.5. The Kier molecular flexibility index (Phi) is 2.71. The fraction of sp³-hybridized carbons (Fsp3) is 0.417. The second-order valence-electron chi connectivity index (χ2n) is 4.56. The highest BCUT2D eigenvalue weighted by Gasteiger charge is 2.17. The average Bonchev–Trinajstić information content (AvgIpc) is 2.68. The second kappa shape index (κ2) is 4.38. The first-order chi connectivity index (χ1) is 8.72. The van der Waals surface area contributed by atoms with Crippen LogP contribution in [0.4, 0.5) is 0 Å². The fourth-order valence-corrected chi connectivity index (χ4v) is 1.98. The molecule has 0 spiro atoms. The number of nitrogens with one attached hydrogen (secondary N) is 1. The normalized spacial score (nSPS) is 15.8. The van der Waals surface area contributed by atoms with Gasteiger partial charge in [0, 0.05) is 12.2 Å². The smallest absolute Gasteiger partial charge is 0.337 e. The Balaban J connectivity index is 1.79. The molecule has 2 N–H and O–H groups in total. The van der Waals surface area contributed by atoms with Gasteiger partial charge in [-0.2, -0.15) is 0 Å². The van der Waals surface area contributed by atoms with E-state index in [1.54, 1.807) is 6.07 Å². The number of aromatic nitrogens is 3. The minimum Gasteiger partial charge on any atom is -0.478 e. The van der Waals surface area contributed by atoms with E-state index in [2.05, 4.69) is 15.4 Å². The van der Waals surface area contributed by atoms with Gasteiger partial charge in [-0.25, -0.2) is 14.3 Å². The van der Waals surface area contributed by atoms with Crippen LogP contribution in [-0.4, -0.2) is 31.7 Å². The Morgan fingerprint density at radius 3 is 3.00 bits per heavy atom. The topological polar surface area (TPSA) is 79.5 Å². The molecule has 6 heteroatoms. The second-order valence-corrected chi connectivity index (χ2v) is 4.56. The van der Waals surface area contributed by atoms with E-state index in [9.17, 15) is 4.79 Å². The number of hydrogen-bond acceptors (Lipinski definition) is 4. The van der Waals surface area contributed by atoms with E-state index in [0.29, 0.717) is 24.1 Å². The maximum Gasteiger partial charge on any atom is 0.337 e. The molecule has 94 valence electrons. The molecule has 0 aliphatic heterocycles. The lowest BCUT2D eigenvalue weighted by atomic mass is 9.93. The van der Waals surface area contributed by atoms with Gasteiger partial charge < -0.3 is 10.4 Å². The molecule has 0 radical (unpaired) electrons. The summed E-state index contributed by atoms with van der Waals surface area (Å²) >= 11 is 0. The van der Waals surface area contributed by atoms with Crippen molar-refractivity contribution in [1.82, 2.24) is 19.9 Å². The van der Waals surface area contributed by atoms with Crippen LogP contribution >= 0.6 is 0 Å². The van der Waals surface area contributed by atoms with Crippen LogP contribution in [0.25, 0.3) is 5.65 Å². The maximum absolute atomic E-state index is 10.8. The number of aromatic carboxylic acids is 1. The summed E-state index contributed by atoms with van der Waals surface area (Å²) in [6, 6.07) is 3.80. The van der Waals surface area contributed by atoms with Crippen LogP contribution in [0.2, 0.25) is 0 Å². The van der Waals surface area contributed by atoms with Crippen molar-refractivity contribution in [2.75, 3.05) is 0 Å². The molecule has 1 fully saturated rings. The predicted octanol–water partition coefficient (Wildman–Crippen LogP) is 1.07. The summed E-state index contributed by atoms with van der Waals surface area (Å²) in [6.07, 6.45) is 5.21. The number of carboxylic acids is 1. The van der Waals surface area contributed by atoms with Gasteiger partial charge in [-0.3, -0.25) is 0 Å². The van der Waals surface area contributed by atoms with Crippen LogP contribution < -0.4 is 5.32 Å². The standard InChI is InChI=1S/C12H14N4O2/c17-12(18)8-4-5-11-14-10(15-16(11)7-8)6-13-9-2-1-3-9/h4-5,7,9,13H,1-3,6H2,(H,17,18). The number of carbonyl (C=O) groups is 1. The van der Waals surface area contributed by atoms with E-state index in [-0.39, 0.29) is 5.56 Å². The molecule has 1 aliphatic carbocycles. The van der Waals surface area contributed by atoms with Crippen molar-refractivity contribution in [2.45, 2.75) is 31.8 Å². The fourth-order valence-electron chi connectivity index (χ4n) is 1.98. The molecular formula is C12H14N4O2. The molecule has 0 amide bonds. The van der Waals surface area contributed by atoms with Crippen molar-refractivity contribution in [3.05, 3.63) is 29.7 Å². The van der Waals surface area contributed by atoms with Crippen LogP contribution in [0, 0.1) is 0 Å². The molecule has 2 aromatic heterocycles. The lowest BCUT2D eigenvalue weighted by Crippen LogP contribution is -2.34. The zero-order valence-corrected chi connectivity index (χ0v) is 9.83. The Labute approximate surface area is 104 Å². The predicted molar refractivity (Wildman–Crippen MR) is 64.4 cm³/mol. The maximum atomic E-state index is 10.8. The molecule has 0 saturated heterocycles. The van der Waals surface area contributed by atoms with Gasteiger partial charge >= 0.3 is 5.97 Å². The Bertz CT molecular complexity index is 589. The molecule has 0 unspecified atom stereocenters. The van der Waals surface area contributed by atoms with Gasteiger partial charge in [-0.05, 0) is 25.0 Å². The average molecular weight is 246 g/mol. The van der Waals surface area contributed by atoms with Crippen LogP contribution in [0.15, 0.2) is 18.3 Å². The number of hydrogen-bond donors (Lipinski definition) is 2. The molecule has 2 aromatic rings. The summed E-state index contributed by atoms with van der Waals surface area (Å²) < 4.78 is 1.52. The first kappa shape index (κ1) is 11.2. The summed E-state index contributed by atoms with van der Waals surface area (Å²) in [5.41, 5.74) is 0.885. The Morgan fingerprint density at radius 2 is 2.33 bits per heavy atom. The van der Waals surface area contributed by atoms with E-state index in [1.807, 2.05) is 0 Å². The van der Waals surface area contributed by atoms with E-state index >= 15 is 0 Å². The number of carboxylic acid groups (broad SMARTS) is 1. The highest BCUT2D eigenvalue weighted by atomic mass is 16.4. The molecular weight excluding hydrogens is 232 g/mol. The van der Waals surface area contributed by atoms with E-state index < -0.39 is 5.97 Å². The minimum atomic E-state index is -0.957. The zero-order chi connectivity index (χ0) is 12.5. The number of nitrogens with zero attached hydrogens (tertiary/aromatic N) is 3. The van der Waals surface area contributed by atoms with E-state index in [4.69, 9.17) is 5.11 Å². The van der Waals surface area contributed by atoms with Gasteiger partial charge in [0.15, 0.2) is 11.5 Å².